The Morgan fingerprint density at radius 2 is 1.62 bits per heavy atom. The van der Waals surface area contributed by atoms with Crippen LogP contribution in [0.3, 0.4) is 0 Å². The molecule has 120 valence electrons. The predicted molar refractivity (Wildman–Crippen MR) is 105 cm³/mol. The predicted octanol–water partition coefficient (Wildman–Crippen LogP) is 5.85. The topological polar surface area (TPSA) is 30.9 Å². The number of hydrogen-bond donors (Lipinski definition) is 1. The maximum absolute atomic E-state index is 6.24. The molecule has 0 fully saturated rings. The average Bonchev–Trinajstić information content (AvgIpc) is 2.85. The van der Waals surface area contributed by atoms with Crippen molar-refractivity contribution in [2.24, 2.45) is 7.05 Å². The standard InChI is InChI=1S/C21H19ClN2/c1-12-13(2)21-16-6-4-5-7-19(16)24(3)20(21)11-17(12)15-9-8-14(22)10-18(15)23/h4-11H,23H2,1-3H3. The van der Waals surface area contributed by atoms with Crippen LogP contribution in [0.1, 0.15) is 11.1 Å². The third-order valence-electron chi connectivity index (χ3n) is 5.08. The largest absolute Gasteiger partial charge is 0.398 e. The number of nitrogens with zero attached hydrogens (tertiary/aromatic N) is 1. The molecule has 0 bridgehead atoms. The minimum atomic E-state index is 0.663. The number of aromatic nitrogens is 1. The van der Waals surface area contributed by atoms with Crippen molar-refractivity contribution in [3.8, 4) is 11.1 Å². The summed E-state index contributed by atoms with van der Waals surface area (Å²) in [6.45, 7) is 4.36. The smallest absolute Gasteiger partial charge is 0.0497 e. The summed E-state index contributed by atoms with van der Waals surface area (Å²) < 4.78 is 2.26. The van der Waals surface area contributed by atoms with Crippen LogP contribution < -0.4 is 5.73 Å². The Morgan fingerprint density at radius 1 is 0.875 bits per heavy atom. The van der Waals surface area contributed by atoms with Crippen molar-refractivity contribution in [2.75, 3.05) is 5.73 Å². The summed E-state index contributed by atoms with van der Waals surface area (Å²) in [5, 5.41) is 3.28. The first-order chi connectivity index (χ1) is 11.5. The molecule has 24 heavy (non-hydrogen) atoms. The van der Waals surface area contributed by atoms with Crippen molar-refractivity contribution in [1.82, 2.24) is 4.57 Å². The molecule has 4 rings (SSSR count). The van der Waals surface area contributed by atoms with E-state index in [1.54, 1.807) is 0 Å². The van der Waals surface area contributed by atoms with Crippen LogP contribution in [-0.2, 0) is 7.05 Å². The van der Waals surface area contributed by atoms with Gasteiger partial charge in [0.15, 0.2) is 0 Å². The van der Waals surface area contributed by atoms with Gasteiger partial charge >= 0.3 is 0 Å². The molecule has 0 saturated carbocycles. The molecule has 1 aromatic heterocycles. The third kappa shape index (κ3) is 2.03. The number of para-hydroxylation sites is 1. The van der Waals surface area contributed by atoms with Gasteiger partial charge in [-0.25, -0.2) is 0 Å². The van der Waals surface area contributed by atoms with E-state index in [9.17, 15) is 0 Å². The van der Waals surface area contributed by atoms with Gasteiger partial charge in [-0.3, -0.25) is 0 Å². The minimum Gasteiger partial charge on any atom is -0.398 e. The van der Waals surface area contributed by atoms with E-state index in [1.165, 1.54) is 38.5 Å². The molecule has 0 amide bonds. The molecule has 2 nitrogen and oxygen atoms in total. The zero-order valence-electron chi connectivity index (χ0n) is 14.0. The van der Waals surface area contributed by atoms with Crippen molar-refractivity contribution in [3.63, 3.8) is 0 Å². The summed E-state index contributed by atoms with van der Waals surface area (Å²) in [6.07, 6.45) is 0. The number of rotatable bonds is 1. The molecule has 3 heteroatoms. The first-order valence-corrected chi connectivity index (χ1v) is 8.39. The summed E-state index contributed by atoms with van der Waals surface area (Å²) in [5.41, 5.74) is 14.2. The fraction of sp³-hybridized carbons (Fsp3) is 0.143. The van der Waals surface area contributed by atoms with Crippen LogP contribution in [0.4, 0.5) is 5.69 Å². The molecule has 0 unspecified atom stereocenters. The normalized spacial score (nSPS) is 11.5. The Bertz CT molecular complexity index is 1110. The van der Waals surface area contributed by atoms with Crippen molar-refractivity contribution >= 4 is 39.1 Å². The number of halogens is 1. The summed E-state index contributed by atoms with van der Waals surface area (Å²) in [4.78, 5) is 0. The second-order valence-corrected chi connectivity index (χ2v) is 6.81. The SMILES string of the molecule is Cc1c(-c2ccc(Cl)cc2N)cc2c(c1C)c1ccccc1n2C. The van der Waals surface area contributed by atoms with Gasteiger partial charge in [0.25, 0.3) is 0 Å². The quantitative estimate of drug-likeness (QED) is 0.435. The van der Waals surface area contributed by atoms with E-state index in [4.69, 9.17) is 17.3 Å². The highest BCUT2D eigenvalue weighted by molar-refractivity contribution is 6.31. The zero-order chi connectivity index (χ0) is 17.0. The van der Waals surface area contributed by atoms with Crippen LogP contribution in [0.5, 0.6) is 0 Å². The highest BCUT2D eigenvalue weighted by Gasteiger charge is 2.16. The molecule has 4 aromatic rings. The van der Waals surface area contributed by atoms with Crippen LogP contribution in [0.15, 0.2) is 48.5 Å². The van der Waals surface area contributed by atoms with Crippen molar-refractivity contribution in [1.29, 1.82) is 0 Å². The molecule has 3 aromatic carbocycles. The van der Waals surface area contributed by atoms with E-state index < -0.39 is 0 Å². The molecule has 0 aliphatic carbocycles. The van der Waals surface area contributed by atoms with Crippen molar-refractivity contribution < 1.29 is 0 Å². The number of fused-ring (bicyclic) bond motifs is 3. The number of hydrogen-bond acceptors (Lipinski definition) is 1. The van der Waals surface area contributed by atoms with Gasteiger partial charge in [0, 0.05) is 45.1 Å². The first-order valence-electron chi connectivity index (χ1n) is 8.01. The Morgan fingerprint density at radius 3 is 2.38 bits per heavy atom. The maximum Gasteiger partial charge on any atom is 0.0497 e. The summed E-state index contributed by atoms with van der Waals surface area (Å²) in [6, 6.07) is 16.5. The highest BCUT2D eigenvalue weighted by atomic mass is 35.5. The van der Waals surface area contributed by atoms with Gasteiger partial charge in [-0.15, -0.1) is 0 Å². The molecule has 2 N–H and O–H groups in total. The number of nitrogens with two attached hydrogens (primary N) is 1. The summed E-state index contributed by atoms with van der Waals surface area (Å²) >= 11 is 6.07. The molecule has 0 aliphatic heterocycles. The van der Waals surface area contributed by atoms with Gasteiger partial charge < -0.3 is 10.3 Å². The van der Waals surface area contributed by atoms with Crippen molar-refractivity contribution in [2.45, 2.75) is 13.8 Å². The van der Waals surface area contributed by atoms with Crippen LogP contribution in [0.2, 0.25) is 5.02 Å². The second-order valence-electron chi connectivity index (χ2n) is 6.38. The fourth-order valence-electron chi connectivity index (χ4n) is 3.67. The van der Waals surface area contributed by atoms with E-state index >= 15 is 0 Å². The molecule has 0 spiro atoms. The molecule has 0 radical (unpaired) electrons. The minimum absolute atomic E-state index is 0.663. The van der Waals surface area contributed by atoms with Crippen LogP contribution >= 0.6 is 11.6 Å². The van der Waals surface area contributed by atoms with Crippen molar-refractivity contribution in [3.05, 3.63) is 64.7 Å². The third-order valence-corrected chi connectivity index (χ3v) is 5.31. The van der Waals surface area contributed by atoms with E-state index in [2.05, 4.69) is 55.8 Å². The van der Waals surface area contributed by atoms with Gasteiger partial charge in [-0.05, 0) is 54.8 Å². The second kappa shape index (κ2) is 5.29. The van der Waals surface area contributed by atoms with Crippen LogP contribution in [-0.4, -0.2) is 4.57 Å². The van der Waals surface area contributed by atoms with Crippen LogP contribution in [0.25, 0.3) is 32.9 Å². The Hall–Kier alpha value is -2.45. The molecule has 0 aliphatic rings. The Balaban J connectivity index is 2.14. The zero-order valence-corrected chi connectivity index (χ0v) is 14.8. The maximum atomic E-state index is 6.24. The summed E-state index contributed by atoms with van der Waals surface area (Å²) in [7, 11) is 2.12. The van der Waals surface area contributed by atoms with Gasteiger partial charge in [0.2, 0.25) is 0 Å². The lowest BCUT2D eigenvalue weighted by Crippen LogP contribution is -1.95. The monoisotopic (exact) mass is 334 g/mol. The van der Waals surface area contributed by atoms with Crippen LogP contribution in [0, 0.1) is 13.8 Å². The lowest BCUT2D eigenvalue weighted by molar-refractivity contribution is 1.01. The number of nitrogen functional groups attached to an aromatic ring is 1. The van der Waals surface area contributed by atoms with E-state index in [1.807, 2.05) is 18.2 Å². The van der Waals surface area contributed by atoms with E-state index in [0.29, 0.717) is 10.7 Å². The Labute approximate surface area is 146 Å². The Kier molecular flexibility index (Phi) is 3.33. The van der Waals surface area contributed by atoms with E-state index in [-0.39, 0.29) is 0 Å². The van der Waals surface area contributed by atoms with Gasteiger partial charge in [-0.2, -0.15) is 0 Å². The molecule has 0 saturated heterocycles. The molecule has 1 heterocycles. The lowest BCUT2D eigenvalue weighted by atomic mass is 9.92. The highest BCUT2D eigenvalue weighted by Crippen LogP contribution is 2.39. The van der Waals surface area contributed by atoms with Gasteiger partial charge in [-0.1, -0.05) is 35.9 Å². The molecule has 0 atom stereocenters. The summed E-state index contributed by atoms with van der Waals surface area (Å²) in [5.74, 6) is 0. The van der Waals surface area contributed by atoms with E-state index in [0.717, 1.165) is 5.56 Å². The number of aryl methyl sites for hydroxylation is 2. The molecular formula is C21H19ClN2. The molecular weight excluding hydrogens is 316 g/mol. The van der Waals surface area contributed by atoms with Gasteiger partial charge in [0.05, 0.1) is 0 Å². The fourth-order valence-corrected chi connectivity index (χ4v) is 3.85. The van der Waals surface area contributed by atoms with Gasteiger partial charge in [0.1, 0.15) is 0 Å². The first kappa shape index (κ1) is 15.1. The average molecular weight is 335 g/mol. The number of anilines is 1. The lowest BCUT2D eigenvalue weighted by Gasteiger charge is -2.14. The number of benzene rings is 3.